The van der Waals surface area contributed by atoms with E-state index in [4.69, 9.17) is 14.5 Å². The van der Waals surface area contributed by atoms with E-state index in [1.165, 1.54) is 0 Å². The first-order chi connectivity index (χ1) is 14.8. The molecule has 3 heterocycles. The summed E-state index contributed by atoms with van der Waals surface area (Å²) in [6.07, 6.45) is 5.40. The Labute approximate surface area is 179 Å². The van der Waals surface area contributed by atoms with Crippen molar-refractivity contribution in [2.75, 3.05) is 57.8 Å². The number of nitrogens with one attached hydrogen (secondary N) is 2. The van der Waals surface area contributed by atoms with Gasteiger partial charge >= 0.3 is 0 Å². The maximum atomic E-state index is 6.10. The second-order valence-electron chi connectivity index (χ2n) is 8.05. The second-order valence-corrected chi connectivity index (χ2v) is 8.05. The van der Waals surface area contributed by atoms with E-state index in [1.807, 2.05) is 37.4 Å². The zero-order valence-electron chi connectivity index (χ0n) is 17.9. The molecule has 2 N–H and O–H groups in total. The van der Waals surface area contributed by atoms with Crippen LogP contribution in [0, 0.1) is 6.92 Å². The van der Waals surface area contributed by atoms with Gasteiger partial charge in [0.25, 0.3) is 0 Å². The molecule has 2 aliphatic rings. The summed E-state index contributed by atoms with van der Waals surface area (Å²) < 4.78 is 11.5. The van der Waals surface area contributed by atoms with Crippen LogP contribution in [0.25, 0.3) is 11.4 Å². The lowest BCUT2D eigenvalue weighted by molar-refractivity contribution is 0.0378. The number of rotatable bonds is 8. The van der Waals surface area contributed by atoms with Crippen LogP contribution in [0.4, 0.5) is 5.82 Å². The van der Waals surface area contributed by atoms with E-state index in [9.17, 15) is 0 Å². The third-order valence-electron chi connectivity index (χ3n) is 5.72. The molecular formula is C23H33N5O2. The largest absolute Gasteiger partial charge is 0.490 e. The van der Waals surface area contributed by atoms with Crippen molar-refractivity contribution < 1.29 is 9.47 Å². The highest BCUT2D eigenvalue weighted by molar-refractivity contribution is 5.59. The van der Waals surface area contributed by atoms with Crippen LogP contribution in [0.3, 0.4) is 0 Å². The van der Waals surface area contributed by atoms with Gasteiger partial charge < -0.3 is 20.1 Å². The zero-order chi connectivity index (χ0) is 20.6. The highest BCUT2D eigenvalue weighted by atomic mass is 16.5. The fraction of sp³-hybridized carbons (Fsp3) is 0.565. The fourth-order valence-electron chi connectivity index (χ4n) is 3.88. The summed E-state index contributed by atoms with van der Waals surface area (Å²) in [5.74, 6) is 2.57. The lowest BCUT2D eigenvalue weighted by atomic mass is 10.1. The number of hydrogen-bond acceptors (Lipinski definition) is 7. The highest BCUT2D eigenvalue weighted by Crippen LogP contribution is 2.23. The van der Waals surface area contributed by atoms with E-state index in [1.54, 1.807) is 0 Å². The lowest BCUT2D eigenvalue weighted by Gasteiger charge is -2.26. The van der Waals surface area contributed by atoms with Crippen molar-refractivity contribution in [3.63, 3.8) is 0 Å². The van der Waals surface area contributed by atoms with Crippen molar-refractivity contribution in [2.45, 2.75) is 32.3 Å². The molecule has 0 unspecified atom stereocenters. The molecule has 162 valence electrons. The normalized spacial score (nSPS) is 18.3. The highest BCUT2D eigenvalue weighted by Gasteiger charge is 2.15. The Kier molecular flexibility index (Phi) is 7.50. The van der Waals surface area contributed by atoms with Crippen LogP contribution in [0.1, 0.15) is 24.8 Å². The number of nitrogens with zero attached hydrogens (tertiary/aromatic N) is 3. The molecule has 2 aliphatic heterocycles. The summed E-state index contributed by atoms with van der Waals surface area (Å²) >= 11 is 0. The van der Waals surface area contributed by atoms with E-state index in [2.05, 4.69) is 20.5 Å². The molecule has 0 saturated carbocycles. The van der Waals surface area contributed by atoms with Crippen LogP contribution in [0.2, 0.25) is 0 Å². The number of aryl methyl sites for hydroxylation is 1. The third kappa shape index (κ3) is 5.90. The molecule has 4 rings (SSSR count). The SMILES string of the molecule is Cc1cnc(-c2ccc(OC3CCNCC3)cc2)nc1NCCCN1CCOCC1. The second kappa shape index (κ2) is 10.7. The van der Waals surface area contributed by atoms with Gasteiger partial charge in [-0.05, 0) is 70.1 Å². The predicted molar refractivity (Wildman–Crippen MR) is 119 cm³/mol. The molecule has 7 heteroatoms. The van der Waals surface area contributed by atoms with Crippen molar-refractivity contribution in [3.05, 3.63) is 36.0 Å². The van der Waals surface area contributed by atoms with Gasteiger partial charge in [0.15, 0.2) is 5.82 Å². The Morgan fingerprint density at radius 2 is 1.93 bits per heavy atom. The van der Waals surface area contributed by atoms with Crippen LogP contribution in [-0.4, -0.2) is 73.5 Å². The molecule has 1 aromatic heterocycles. The van der Waals surface area contributed by atoms with Crippen molar-refractivity contribution in [3.8, 4) is 17.1 Å². The number of hydrogen-bond donors (Lipinski definition) is 2. The van der Waals surface area contributed by atoms with Crippen LogP contribution >= 0.6 is 0 Å². The van der Waals surface area contributed by atoms with Crippen LogP contribution in [0.5, 0.6) is 5.75 Å². The van der Waals surface area contributed by atoms with Crippen LogP contribution in [-0.2, 0) is 4.74 Å². The number of benzene rings is 1. The number of piperidine rings is 1. The quantitative estimate of drug-likeness (QED) is 0.647. The van der Waals surface area contributed by atoms with Crippen LogP contribution < -0.4 is 15.4 Å². The molecule has 1 aromatic carbocycles. The van der Waals surface area contributed by atoms with Crippen molar-refractivity contribution in [1.82, 2.24) is 20.2 Å². The zero-order valence-corrected chi connectivity index (χ0v) is 17.9. The summed E-state index contributed by atoms with van der Waals surface area (Å²) in [6, 6.07) is 8.14. The molecule has 0 spiro atoms. The summed E-state index contributed by atoms with van der Waals surface area (Å²) in [7, 11) is 0. The molecule has 2 aromatic rings. The van der Waals surface area contributed by atoms with E-state index in [0.717, 1.165) is 100 Å². The van der Waals surface area contributed by atoms with Gasteiger partial charge in [0.2, 0.25) is 0 Å². The van der Waals surface area contributed by atoms with Crippen molar-refractivity contribution >= 4 is 5.82 Å². The molecule has 0 bridgehead atoms. The summed E-state index contributed by atoms with van der Waals surface area (Å²) in [6.45, 7) is 9.87. The molecule has 0 aliphatic carbocycles. The maximum Gasteiger partial charge on any atom is 0.161 e. The first-order valence-corrected chi connectivity index (χ1v) is 11.1. The minimum absolute atomic E-state index is 0.306. The van der Waals surface area contributed by atoms with E-state index in [0.29, 0.717) is 6.10 Å². The monoisotopic (exact) mass is 411 g/mol. The van der Waals surface area contributed by atoms with Gasteiger partial charge in [-0.15, -0.1) is 0 Å². The lowest BCUT2D eigenvalue weighted by Crippen LogP contribution is -2.37. The molecule has 0 amide bonds. The Bertz CT molecular complexity index is 787. The number of morpholine rings is 1. The van der Waals surface area contributed by atoms with Gasteiger partial charge in [0.05, 0.1) is 13.2 Å². The molecule has 0 atom stereocenters. The smallest absolute Gasteiger partial charge is 0.161 e. The Morgan fingerprint density at radius 3 is 2.70 bits per heavy atom. The van der Waals surface area contributed by atoms with Gasteiger partial charge in [-0.2, -0.15) is 0 Å². The van der Waals surface area contributed by atoms with Gasteiger partial charge in [0, 0.05) is 37.0 Å². The first-order valence-electron chi connectivity index (χ1n) is 11.1. The van der Waals surface area contributed by atoms with E-state index in [-0.39, 0.29) is 0 Å². The first kappa shape index (κ1) is 21.0. The van der Waals surface area contributed by atoms with E-state index >= 15 is 0 Å². The van der Waals surface area contributed by atoms with E-state index < -0.39 is 0 Å². The van der Waals surface area contributed by atoms with Crippen molar-refractivity contribution in [2.24, 2.45) is 0 Å². The predicted octanol–water partition coefficient (Wildman–Crippen LogP) is 2.72. The number of anilines is 1. The average molecular weight is 412 g/mol. The van der Waals surface area contributed by atoms with Gasteiger partial charge in [-0.3, -0.25) is 4.90 Å². The minimum Gasteiger partial charge on any atom is -0.490 e. The molecule has 2 saturated heterocycles. The Balaban J connectivity index is 1.31. The molecular weight excluding hydrogens is 378 g/mol. The molecule has 0 radical (unpaired) electrons. The molecule has 7 nitrogen and oxygen atoms in total. The average Bonchev–Trinajstić information content (AvgIpc) is 2.80. The number of aromatic nitrogens is 2. The van der Waals surface area contributed by atoms with Crippen LogP contribution in [0.15, 0.2) is 30.5 Å². The van der Waals surface area contributed by atoms with Crippen molar-refractivity contribution in [1.29, 1.82) is 0 Å². The van der Waals surface area contributed by atoms with Gasteiger partial charge in [-0.25, -0.2) is 9.97 Å². The van der Waals surface area contributed by atoms with Gasteiger partial charge in [0.1, 0.15) is 17.7 Å². The summed E-state index contributed by atoms with van der Waals surface area (Å²) in [5.41, 5.74) is 2.07. The molecule has 30 heavy (non-hydrogen) atoms. The third-order valence-corrected chi connectivity index (χ3v) is 5.72. The van der Waals surface area contributed by atoms with Gasteiger partial charge in [-0.1, -0.05) is 0 Å². The standard InChI is InChI=1S/C23H33N5O2/c1-18-17-26-23(27-22(18)25-9-2-12-28-13-15-29-16-14-28)19-3-5-20(6-4-19)30-21-7-10-24-11-8-21/h3-6,17,21,24H,2,7-16H2,1H3,(H,25,26,27). The Hall–Kier alpha value is -2.22. The topological polar surface area (TPSA) is 71.5 Å². The minimum atomic E-state index is 0.306. The maximum absolute atomic E-state index is 6.10. The molecule has 2 fully saturated rings. The summed E-state index contributed by atoms with van der Waals surface area (Å²) in [4.78, 5) is 11.8. The summed E-state index contributed by atoms with van der Waals surface area (Å²) in [5, 5.41) is 6.85. The number of ether oxygens (including phenoxy) is 2. The Morgan fingerprint density at radius 1 is 1.17 bits per heavy atom. The fourth-order valence-corrected chi connectivity index (χ4v) is 3.88.